The predicted octanol–water partition coefficient (Wildman–Crippen LogP) is 3.71. The minimum Gasteiger partial charge on any atom is -0.497 e. The van der Waals surface area contributed by atoms with Crippen molar-refractivity contribution >= 4 is 17.1 Å². The van der Waals surface area contributed by atoms with Crippen LogP contribution in [0.3, 0.4) is 0 Å². The Kier molecular flexibility index (Phi) is 6.07. The van der Waals surface area contributed by atoms with Gasteiger partial charge in [0.25, 0.3) is 0 Å². The summed E-state index contributed by atoms with van der Waals surface area (Å²) in [5.41, 5.74) is 3.57. The van der Waals surface area contributed by atoms with Crippen LogP contribution < -0.4 is 15.4 Å². The maximum atomic E-state index is 12.8. The molecular formula is C23H24N6O2. The lowest BCUT2D eigenvalue weighted by Gasteiger charge is -2.20. The zero-order chi connectivity index (χ0) is 21.6. The third-order valence-corrected chi connectivity index (χ3v) is 5.04. The molecule has 2 aromatic heterocycles. The fourth-order valence-electron chi connectivity index (χ4n) is 3.38. The van der Waals surface area contributed by atoms with E-state index in [2.05, 4.69) is 30.6 Å². The Hall–Kier alpha value is -3.94. The zero-order valence-electron chi connectivity index (χ0n) is 17.4. The first-order valence-corrected chi connectivity index (χ1v) is 10.0. The van der Waals surface area contributed by atoms with E-state index in [0.29, 0.717) is 12.2 Å². The van der Waals surface area contributed by atoms with Crippen molar-refractivity contribution in [2.45, 2.75) is 25.4 Å². The standard InChI is InChI=1S/C23H24N6O2/c1-15(18-11-12-24-14-25-18)26-23(30)29-21(13-16-7-9-17(31-2)10-8-16)22-27-19-5-3-4-6-20(19)28-22/h3-12,14-15,21H,13H2,1-2H3,(H,27,28)(H2,26,29,30)/t15?,21-/m1/s1. The number of benzene rings is 2. The summed E-state index contributed by atoms with van der Waals surface area (Å²) in [5.74, 6) is 1.48. The molecule has 0 fully saturated rings. The Labute approximate surface area is 180 Å². The number of aromatic nitrogens is 4. The van der Waals surface area contributed by atoms with Crippen LogP contribution in [-0.2, 0) is 6.42 Å². The number of H-pyrrole nitrogens is 1. The molecule has 0 bridgehead atoms. The maximum Gasteiger partial charge on any atom is 0.315 e. The van der Waals surface area contributed by atoms with Crippen LogP contribution in [0.2, 0.25) is 0 Å². The summed E-state index contributed by atoms with van der Waals surface area (Å²) in [6, 6.07) is 16.4. The molecule has 4 rings (SSSR count). The van der Waals surface area contributed by atoms with Crippen molar-refractivity contribution in [3.63, 3.8) is 0 Å². The average molecular weight is 416 g/mol. The summed E-state index contributed by atoms with van der Waals surface area (Å²) in [4.78, 5) is 28.9. The van der Waals surface area contributed by atoms with Crippen LogP contribution in [0.25, 0.3) is 11.0 Å². The molecule has 0 aliphatic carbocycles. The normalized spacial score (nSPS) is 12.8. The molecule has 1 unspecified atom stereocenters. The topological polar surface area (TPSA) is 105 Å². The van der Waals surface area contributed by atoms with Gasteiger partial charge in [0.15, 0.2) is 0 Å². The van der Waals surface area contributed by atoms with Crippen LogP contribution in [0, 0.1) is 0 Å². The summed E-state index contributed by atoms with van der Waals surface area (Å²) in [7, 11) is 1.64. The number of hydrogen-bond donors (Lipinski definition) is 3. The summed E-state index contributed by atoms with van der Waals surface area (Å²) in [5, 5.41) is 5.99. The number of methoxy groups -OCH3 is 1. The van der Waals surface area contributed by atoms with Gasteiger partial charge < -0.3 is 20.4 Å². The number of hydrogen-bond acceptors (Lipinski definition) is 5. The molecule has 0 saturated carbocycles. The van der Waals surface area contributed by atoms with Gasteiger partial charge >= 0.3 is 6.03 Å². The molecule has 2 amide bonds. The molecule has 8 heteroatoms. The van der Waals surface area contributed by atoms with Gasteiger partial charge in [0.05, 0.1) is 35.9 Å². The van der Waals surface area contributed by atoms with Gasteiger partial charge in [-0.3, -0.25) is 0 Å². The van der Waals surface area contributed by atoms with E-state index in [-0.39, 0.29) is 18.1 Å². The molecule has 0 aliphatic heterocycles. The van der Waals surface area contributed by atoms with E-state index >= 15 is 0 Å². The molecule has 2 aromatic carbocycles. The number of imidazole rings is 1. The third-order valence-electron chi connectivity index (χ3n) is 5.04. The minimum absolute atomic E-state index is 0.264. The number of ether oxygens (including phenoxy) is 1. The van der Waals surface area contributed by atoms with Crippen molar-refractivity contribution in [1.29, 1.82) is 0 Å². The van der Waals surface area contributed by atoms with Crippen molar-refractivity contribution < 1.29 is 9.53 Å². The van der Waals surface area contributed by atoms with Crippen LogP contribution in [0.15, 0.2) is 67.1 Å². The fourth-order valence-corrected chi connectivity index (χ4v) is 3.38. The lowest BCUT2D eigenvalue weighted by Crippen LogP contribution is -2.40. The first-order chi connectivity index (χ1) is 15.1. The second-order valence-corrected chi connectivity index (χ2v) is 7.22. The highest BCUT2D eigenvalue weighted by molar-refractivity contribution is 5.76. The largest absolute Gasteiger partial charge is 0.497 e. The Morgan fingerprint density at radius 1 is 1.10 bits per heavy atom. The first kappa shape index (κ1) is 20.3. The van der Waals surface area contributed by atoms with Gasteiger partial charge in [-0.1, -0.05) is 24.3 Å². The number of amides is 2. The summed E-state index contributed by atoms with van der Waals surface area (Å²) < 4.78 is 5.24. The third kappa shape index (κ3) is 4.98. The van der Waals surface area contributed by atoms with Crippen LogP contribution in [0.5, 0.6) is 5.75 Å². The van der Waals surface area contributed by atoms with Crippen molar-refractivity contribution in [1.82, 2.24) is 30.6 Å². The van der Waals surface area contributed by atoms with Crippen LogP contribution >= 0.6 is 0 Å². The molecular weight excluding hydrogens is 392 g/mol. The smallest absolute Gasteiger partial charge is 0.315 e. The molecule has 158 valence electrons. The second-order valence-electron chi connectivity index (χ2n) is 7.22. The molecule has 31 heavy (non-hydrogen) atoms. The lowest BCUT2D eigenvalue weighted by molar-refractivity contribution is 0.233. The highest BCUT2D eigenvalue weighted by Crippen LogP contribution is 2.21. The van der Waals surface area contributed by atoms with Crippen molar-refractivity contribution in [2.24, 2.45) is 0 Å². The van der Waals surface area contributed by atoms with Crippen molar-refractivity contribution in [3.05, 3.63) is 84.2 Å². The molecule has 2 atom stereocenters. The molecule has 0 saturated heterocycles. The van der Waals surface area contributed by atoms with Gasteiger partial charge in [-0.15, -0.1) is 0 Å². The molecule has 0 spiro atoms. The van der Waals surface area contributed by atoms with E-state index in [4.69, 9.17) is 4.74 Å². The number of carbonyl (C=O) groups excluding carboxylic acids is 1. The number of para-hydroxylation sites is 2. The maximum absolute atomic E-state index is 12.8. The summed E-state index contributed by atoms with van der Waals surface area (Å²) >= 11 is 0. The van der Waals surface area contributed by atoms with Gasteiger partial charge in [0.1, 0.15) is 17.9 Å². The number of rotatable bonds is 7. The fraction of sp³-hybridized carbons (Fsp3) is 0.217. The summed E-state index contributed by atoms with van der Waals surface area (Å²) in [6.07, 6.45) is 3.69. The molecule has 2 heterocycles. The monoisotopic (exact) mass is 416 g/mol. The second kappa shape index (κ2) is 9.25. The zero-order valence-corrected chi connectivity index (χ0v) is 17.4. The van der Waals surface area contributed by atoms with Crippen LogP contribution in [0.4, 0.5) is 4.79 Å². The van der Waals surface area contributed by atoms with E-state index < -0.39 is 0 Å². The molecule has 8 nitrogen and oxygen atoms in total. The quantitative estimate of drug-likeness (QED) is 0.426. The van der Waals surface area contributed by atoms with Gasteiger partial charge in [0, 0.05) is 6.20 Å². The van der Waals surface area contributed by atoms with Gasteiger partial charge in [0.2, 0.25) is 0 Å². The van der Waals surface area contributed by atoms with E-state index in [1.807, 2.05) is 55.5 Å². The number of urea groups is 1. The predicted molar refractivity (Wildman–Crippen MR) is 118 cm³/mol. The van der Waals surface area contributed by atoms with Gasteiger partial charge in [-0.25, -0.2) is 19.7 Å². The highest BCUT2D eigenvalue weighted by atomic mass is 16.5. The van der Waals surface area contributed by atoms with Crippen LogP contribution in [-0.4, -0.2) is 33.1 Å². The van der Waals surface area contributed by atoms with Gasteiger partial charge in [-0.2, -0.15) is 0 Å². The lowest BCUT2D eigenvalue weighted by atomic mass is 10.1. The number of aromatic amines is 1. The molecule has 0 radical (unpaired) electrons. The SMILES string of the molecule is COc1ccc(C[C@@H](NC(=O)NC(C)c2ccncn2)c2nc3ccccc3[nH]2)cc1. The van der Waals surface area contributed by atoms with Crippen LogP contribution in [0.1, 0.15) is 36.1 Å². The first-order valence-electron chi connectivity index (χ1n) is 10.0. The molecule has 3 N–H and O–H groups in total. The van der Waals surface area contributed by atoms with Gasteiger partial charge in [-0.05, 0) is 49.2 Å². The van der Waals surface area contributed by atoms with Crippen molar-refractivity contribution in [3.8, 4) is 5.75 Å². The number of carbonyl (C=O) groups is 1. The highest BCUT2D eigenvalue weighted by Gasteiger charge is 2.20. The number of nitrogens with zero attached hydrogens (tertiary/aromatic N) is 3. The Morgan fingerprint density at radius 2 is 1.90 bits per heavy atom. The van der Waals surface area contributed by atoms with Crippen molar-refractivity contribution in [2.75, 3.05) is 7.11 Å². The van der Waals surface area contributed by atoms with E-state index in [9.17, 15) is 4.79 Å². The molecule has 0 aliphatic rings. The molecule has 4 aromatic rings. The van der Waals surface area contributed by atoms with E-state index in [0.717, 1.165) is 28.0 Å². The van der Waals surface area contributed by atoms with E-state index in [1.165, 1.54) is 6.33 Å². The Balaban J connectivity index is 1.54. The average Bonchev–Trinajstić information content (AvgIpc) is 3.24. The number of fused-ring (bicyclic) bond motifs is 1. The van der Waals surface area contributed by atoms with E-state index in [1.54, 1.807) is 19.4 Å². The minimum atomic E-state index is -0.349. The Bertz CT molecular complexity index is 1110. The number of nitrogens with one attached hydrogen (secondary N) is 3. The Morgan fingerprint density at radius 3 is 2.61 bits per heavy atom. The summed E-state index contributed by atoms with van der Waals surface area (Å²) in [6.45, 7) is 1.88.